The molecule has 0 aromatic carbocycles. The SMILES string of the molecule is [Al+3].[F-].[F-].[F-].[F-].[F-].[F-].[F-].[F-].[F-].[W]. The summed E-state index contributed by atoms with van der Waals surface area (Å²) in [6.45, 7) is 0. The molecule has 0 atom stereocenters. The summed E-state index contributed by atoms with van der Waals surface area (Å²) in [5.74, 6) is 0. The first-order valence-electron chi connectivity index (χ1n) is 0. The Morgan fingerprint density at radius 3 is 0.273 bits per heavy atom. The zero-order chi connectivity index (χ0) is 0. The summed E-state index contributed by atoms with van der Waals surface area (Å²) in [7, 11) is 0. The Hall–Kier alpha value is 0.591. The smallest absolute Gasteiger partial charge is 1.00 e. The van der Waals surface area contributed by atoms with Gasteiger partial charge in [0.1, 0.15) is 0 Å². The van der Waals surface area contributed by atoms with E-state index in [4.69, 9.17) is 0 Å². The van der Waals surface area contributed by atoms with E-state index >= 15 is 0 Å². The van der Waals surface area contributed by atoms with E-state index in [9.17, 15) is 0 Å². The topological polar surface area (TPSA) is 0 Å². The molecule has 0 nitrogen and oxygen atoms in total. The Balaban J connectivity index is 0. The monoisotopic (exact) mass is 382 g/mol. The minimum atomic E-state index is 0. The zero-order valence-electron chi connectivity index (χ0n) is 4.39. The average Bonchev–Trinajstić information content (AvgIpc) is 0. The van der Waals surface area contributed by atoms with Gasteiger partial charge in [-0.2, -0.15) is 0 Å². The Morgan fingerprint density at radius 2 is 0.273 bits per heavy atom. The Morgan fingerprint density at radius 1 is 0.273 bits per heavy atom. The molecule has 11 heavy (non-hydrogen) atoms. The fourth-order valence-corrected chi connectivity index (χ4v) is 0. The van der Waals surface area contributed by atoms with Gasteiger partial charge in [-0.3, -0.25) is 0 Å². The van der Waals surface area contributed by atoms with Crippen LogP contribution < -0.4 is 42.3 Å². The minimum Gasteiger partial charge on any atom is -1.00 e. The van der Waals surface area contributed by atoms with Crippen LogP contribution in [0.5, 0.6) is 0 Å². The first-order chi connectivity index (χ1) is 0. The van der Waals surface area contributed by atoms with Gasteiger partial charge in [-0.15, -0.1) is 0 Å². The van der Waals surface area contributed by atoms with Crippen molar-refractivity contribution in [3.8, 4) is 0 Å². The summed E-state index contributed by atoms with van der Waals surface area (Å²) in [6.07, 6.45) is 0. The molecule has 0 N–H and O–H groups in total. The third-order valence-electron chi connectivity index (χ3n) is 0. The predicted molar refractivity (Wildman–Crippen MR) is 5.75 cm³/mol. The fourth-order valence-electron chi connectivity index (χ4n) is 0. The summed E-state index contributed by atoms with van der Waals surface area (Å²) in [5, 5.41) is 0. The third kappa shape index (κ3) is 2240. The van der Waals surface area contributed by atoms with E-state index in [1.54, 1.807) is 0 Å². The van der Waals surface area contributed by atoms with E-state index in [2.05, 4.69) is 0 Å². The van der Waals surface area contributed by atoms with Gasteiger partial charge in [-0.1, -0.05) is 0 Å². The van der Waals surface area contributed by atoms with Crippen LogP contribution in [0.25, 0.3) is 0 Å². The van der Waals surface area contributed by atoms with Crippen molar-refractivity contribution in [3.63, 3.8) is 0 Å². The Kier molecular flexibility index (Phi) is 945000. The first-order valence-corrected chi connectivity index (χ1v) is 0. The number of hydrogen-bond acceptors (Lipinski definition) is 0. The molecule has 0 rings (SSSR count). The van der Waals surface area contributed by atoms with Crippen molar-refractivity contribution in [2.24, 2.45) is 0 Å². The Labute approximate surface area is 81.2 Å². The molecule has 0 aliphatic heterocycles. The molecule has 0 saturated heterocycles. The molecular formula is AlF9W-6. The third-order valence-corrected chi connectivity index (χ3v) is 0. The summed E-state index contributed by atoms with van der Waals surface area (Å²) in [4.78, 5) is 0. The molecule has 11 heteroatoms. The van der Waals surface area contributed by atoms with Crippen LogP contribution in [0.2, 0.25) is 0 Å². The van der Waals surface area contributed by atoms with Crippen LogP contribution in [0.15, 0.2) is 0 Å². The molecule has 0 aliphatic carbocycles. The van der Waals surface area contributed by atoms with Gasteiger partial charge in [0, 0.05) is 21.1 Å². The van der Waals surface area contributed by atoms with Crippen LogP contribution in [-0.2, 0) is 21.1 Å². The molecule has 0 amide bonds. The Bertz CT molecular complexity index is 9.52. The second kappa shape index (κ2) is 2790. The van der Waals surface area contributed by atoms with Crippen molar-refractivity contribution in [3.05, 3.63) is 0 Å². The van der Waals surface area contributed by atoms with Gasteiger partial charge in [-0.25, -0.2) is 0 Å². The maximum Gasteiger partial charge on any atom is 3.00 e. The largest absolute Gasteiger partial charge is 3.00 e. The molecule has 0 aromatic rings. The average molecular weight is 382 g/mol. The molecule has 0 unspecified atom stereocenters. The van der Waals surface area contributed by atoms with Crippen molar-refractivity contribution in [2.75, 3.05) is 0 Å². The van der Waals surface area contributed by atoms with Crippen LogP contribution in [0.1, 0.15) is 0 Å². The standard InChI is InChI=1S/Al.9FH.W/h;9*1H;/q+3;;;;;;;;;;/p-9. The van der Waals surface area contributed by atoms with Crippen molar-refractivity contribution in [1.82, 2.24) is 0 Å². The number of hydrogen-bond donors (Lipinski definition) is 0. The molecule has 0 fully saturated rings. The summed E-state index contributed by atoms with van der Waals surface area (Å²) < 4.78 is 0. The summed E-state index contributed by atoms with van der Waals surface area (Å²) in [5.41, 5.74) is 0. The number of halogens is 9. The van der Waals surface area contributed by atoms with Crippen LogP contribution in [0.4, 0.5) is 0 Å². The van der Waals surface area contributed by atoms with Gasteiger partial charge >= 0.3 is 17.4 Å². The second-order valence-corrected chi connectivity index (χ2v) is 0. The second-order valence-electron chi connectivity index (χ2n) is 0. The van der Waals surface area contributed by atoms with Crippen LogP contribution in [0.3, 0.4) is 0 Å². The maximum atomic E-state index is 0. The zero-order valence-corrected chi connectivity index (χ0v) is 8.48. The molecule has 0 spiro atoms. The van der Waals surface area contributed by atoms with E-state index in [1.165, 1.54) is 0 Å². The van der Waals surface area contributed by atoms with Crippen LogP contribution >= 0.6 is 0 Å². The van der Waals surface area contributed by atoms with Crippen molar-refractivity contribution >= 4 is 17.4 Å². The van der Waals surface area contributed by atoms with E-state index in [0.717, 1.165) is 0 Å². The van der Waals surface area contributed by atoms with Crippen molar-refractivity contribution < 1.29 is 63.4 Å². The number of rotatable bonds is 0. The van der Waals surface area contributed by atoms with Crippen LogP contribution in [-0.4, -0.2) is 17.4 Å². The van der Waals surface area contributed by atoms with E-state index < -0.39 is 0 Å². The maximum absolute atomic E-state index is 0. The minimum absolute atomic E-state index is 0. The molecule has 0 aromatic heterocycles. The van der Waals surface area contributed by atoms with Gasteiger partial charge < -0.3 is 42.3 Å². The molecule has 0 radical (unpaired) electrons. The molecule has 0 bridgehead atoms. The quantitative estimate of drug-likeness (QED) is 0.289. The normalized spacial score (nSPS) is 0. The van der Waals surface area contributed by atoms with E-state index in [0.29, 0.717) is 0 Å². The van der Waals surface area contributed by atoms with Crippen LogP contribution in [0, 0.1) is 0 Å². The van der Waals surface area contributed by atoms with Gasteiger partial charge in [0.15, 0.2) is 0 Å². The van der Waals surface area contributed by atoms with E-state index in [-0.39, 0.29) is 80.8 Å². The summed E-state index contributed by atoms with van der Waals surface area (Å²) >= 11 is 0. The molecule has 78 valence electrons. The molecule has 0 saturated carbocycles. The van der Waals surface area contributed by atoms with Crippen molar-refractivity contribution in [1.29, 1.82) is 0 Å². The van der Waals surface area contributed by atoms with Gasteiger partial charge in [-0.05, 0) is 0 Å². The molecule has 0 aliphatic rings. The first kappa shape index (κ1) is 3720. The molecular weight excluding hydrogens is 382 g/mol. The fraction of sp³-hybridized carbons (Fsp3) is 0. The van der Waals surface area contributed by atoms with E-state index in [1.807, 2.05) is 0 Å². The predicted octanol–water partition coefficient (Wildman–Crippen LogP) is -27.3. The summed E-state index contributed by atoms with van der Waals surface area (Å²) in [6, 6.07) is 0. The van der Waals surface area contributed by atoms with Gasteiger partial charge in [0.25, 0.3) is 0 Å². The van der Waals surface area contributed by atoms with Gasteiger partial charge in [0.2, 0.25) is 0 Å². The molecule has 0 heterocycles. The van der Waals surface area contributed by atoms with Gasteiger partial charge in [0.05, 0.1) is 0 Å². The van der Waals surface area contributed by atoms with Crippen molar-refractivity contribution in [2.45, 2.75) is 0 Å².